The summed E-state index contributed by atoms with van der Waals surface area (Å²) in [5, 5.41) is 17.1. The number of hydrogen-bond acceptors (Lipinski definition) is 4. The Morgan fingerprint density at radius 2 is 2.16 bits per heavy atom. The fraction of sp³-hybridized carbons (Fsp3) is 0.647. The minimum Gasteiger partial charge on any atom is -0.466 e. The van der Waals surface area contributed by atoms with Crippen molar-refractivity contribution in [1.82, 2.24) is 15.5 Å². The predicted molar refractivity (Wildman–Crippen MR) is 108 cm³/mol. The highest BCUT2D eigenvalue weighted by atomic mass is 127. The lowest BCUT2D eigenvalue weighted by Crippen LogP contribution is -2.49. The van der Waals surface area contributed by atoms with Gasteiger partial charge in [0.05, 0.1) is 12.8 Å². The summed E-state index contributed by atoms with van der Waals surface area (Å²) in [5.74, 6) is 1.30. The van der Waals surface area contributed by atoms with Gasteiger partial charge in [-0.2, -0.15) is 0 Å². The van der Waals surface area contributed by atoms with Crippen LogP contribution in [-0.4, -0.2) is 54.1 Å². The Balaban J connectivity index is 0.00000312. The lowest BCUT2D eigenvalue weighted by molar-refractivity contribution is -0.129. The monoisotopic (exact) mass is 464 g/mol. The molecule has 0 saturated carbocycles. The molecule has 25 heavy (non-hydrogen) atoms. The van der Waals surface area contributed by atoms with E-state index >= 15 is 0 Å². The molecule has 0 spiro atoms. The number of aliphatic imine (C=N–C) groups is 1. The van der Waals surface area contributed by atoms with Gasteiger partial charge in [-0.25, -0.2) is 4.99 Å². The summed E-state index contributed by atoms with van der Waals surface area (Å²) in [7, 11) is 0. The molecule has 1 aromatic rings. The Labute approximate surface area is 166 Å². The second-order valence-electron chi connectivity index (χ2n) is 6.37. The number of likely N-dealkylation sites (tertiary alicyclic amines) is 1. The molecule has 0 aromatic carbocycles. The van der Waals surface area contributed by atoms with E-state index in [4.69, 9.17) is 4.42 Å². The molecule has 1 atom stereocenters. The number of carbonyl (C=O) groups is 1. The van der Waals surface area contributed by atoms with Gasteiger partial charge >= 0.3 is 0 Å². The first-order valence-corrected chi connectivity index (χ1v) is 8.49. The van der Waals surface area contributed by atoms with Crippen molar-refractivity contribution in [2.24, 2.45) is 4.99 Å². The van der Waals surface area contributed by atoms with Crippen LogP contribution in [-0.2, 0) is 10.4 Å². The Morgan fingerprint density at radius 1 is 1.48 bits per heavy atom. The number of guanidine groups is 1. The molecule has 2 rings (SSSR count). The highest BCUT2D eigenvalue weighted by molar-refractivity contribution is 14.0. The zero-order chi connectivity index (χ0) is 17.6. The number of nitrogens with one attached hydrogen (secondary N) is 2. The maximum Gasteiger partial charge on any atom is 0.219 e. The van der Waals surface area contributed by atoms with Crippen molar-refractivity contribution in [2.45, 2.75) is 45.3 Å². The normalized spacial score (nSPS) is 18.2. The van der Waals surface area contributed by atoms with Gasteiger partial charge in [-0.15, -0.1) is 24.0 Å². The third-order valence-electron chi connectivity index (χ3n) is 4.22. The largest absolute Gasteiger partial charge is 0.466 e. The van der Waals surface area contributed by atoms with E-state index in [1.165, 1.54) is 0 Å². The van der Waals surface area contributed by atoms with E-state index < -0.39 is 5.60 Å². The summed E-state index contributed by atoms with van der Waals surface area (Å²) in [6.07, 6.45) is 3.32. The summed E-state index contributed by atoms with van der Waals surface area (Å²) in [4.78, 5) is 17.7. The third-order valence-corrected chi connectivity index (χ3v) is 4.22. The molecular formula is C17H29IN4O3. The lowest BCUT2D eigenvalue weighted by atomic mass is 10.0. The molecule has 1 aliphatic rings. The SMILES string of the molecule is CCNC(=NCC(C)(O)c1ccco1)NC1CCN(C(C)=O)CC1.I. The van der Waals surface area contributed by atoms with Gasteiger partial charge in [0.15, 0.2) is 5.96 Å². The van der Waals surface area contributed by atoms with E-state index in [0.29, 0.717) is 11.7 Å². The van der Waals surface area contributed by atoms with Crippen LogP contribution in [0.4, 0.5) is 0 Å². The predicted octanol–water partition coefficient (Wildman–Crippen LogP) is 1.67. The van der Waals surface area contributed by atoms with Crippen LogP contribution < -0.4 is 10.6 Å². The number of carbonyl (C=O) groups excluding carboxylic acids is 1. The fourth-order valence-corrected chi connectivity index (χ4v) is 2.75. The Bertz CT molecular complexity index is 552. The number of piperidine rings is 1. The van der Waals surface area contributed by atoms with Crippen LogP contribution >= 0.6 is 24.0 Å². The quantitative estimate of drug-likeness (QED) is 0.351. The second kappa shape index (κ2) is 10.0. The summed E-state index contributed by atoms with van der Waals surface area (Å²) in [6, 6.07) is 3.76. The number of rotatable bonds is 5. The van der Waals surface area contributed by atoms with Crippen molar-refractivity contribution in [3.63, 3.8) is 0 Å². The van der Waals surface area contributed by atoms with E-state index in [9.17, 15) is 9.90 Å². The van der Waals surface area contributed by atoms with Crippen molar-refractivity contribution < 1.29 is 14.3 Å². The zero-order valence-corrected chi connectivity index (χ0v) is 17.4. The first kappa shape index (κ1) is 21.8. The van der Waals surface area contributed by atoms with Gasteiger partial charge in [-0.1, -0.05) is 0 Å². The second-order valence-corrected chi connectivity index (χ2v) is 6.37. The molecule has 1 aromatic heterocycles. The van der Waals surface area contributed by atoms with Crippen LogP contribution in [0.3, 0.4) is 0 Å². The smallest absolute Gasteiger partial charge is 0.219 e. The van der Waals surface area contributed by atoms with E-state index in [0.717, 1.165) is 32.5 Å². The minimum absolute atomic E-state index is 0. The highest BCUT2D eigenvalue weighted by Crippen LogP contribution is 2.21. The van der Waals surface area contributed by atoms with Gasteiger partial charge < -0.3 is 25.1 Å². The molecule has 0 radical (unpaired) electrons. The topological polar surface area (TPSA) is 90.1 Å². The molecule has 0 bridgehead atoms. The summed E-state index contributed by atoms with van der Waals surface area (Å²) in [5.41, 5.74) is -1.15. The van der Waals surface area contributed by atoms with Gasteiger partial charge in [0.25, 0.3) is 0 Å². The number of amides is 1. The van der Waals surface area contributed by atoms with Crippen LogP contribution in [0.15, 0.2) is 27.8 Å². The first-order chi connectivity index (χ1) is 11.4. The number of halogens is 1. The standard InChI is InChI=1S/C17H28N4O3.HI/c1-4-18-16(19-12-17(3,23)15-6-5-11-24-15)20-14-7-9-21(10-8-14)13(2)22;/h5-6,11,14,23H,4,7-10,12H2,1-3H3,(H2,18,19,20);1H. The van der Waals surface area contributed by atoms with Gasteiger partial charge in [-0.3, -0.25) is 4.79 Å². The van der Waals surface area contributed by atoms with Crippen molar-refractivity contribution in [3.05, 3.63) is 24.2 Å². The minimum atomic E-state index is -1.15. The maximum atomic E-state index is 11.4. The van der Waals surface area contributed by atoms with Gasteiger partial charge in [0.1, 0.15) is 11.4 Å². The van der Waals surface area contributed by atoms with Crippen molar-refractivity contribution in [3.8, 4) is 0 Å². The molecular weight excluding hydrogens is 435 g/mol. The Morgan fingerprint density at radius 3 is 2.68 bits per heavy atom. The molecule has 8 heteroatoms. The van der Waals surface area contributed by atoms with Crippen molar-refractivity contribution >= 4 is 35.8 Å². The molecule has 2 heterocycles. The van der Waals surface area contributed by atoms with E-state index in [1.54, 1.807) is 32.2 Å². The first-order valence-electron chi connectivity index (χ1n) is 8.49. The van der Waals surface area contributed by atoms with Gasteiger partial charge in [0, 0.05) is 32.6 Å². The summed E-state index contributed by atoms with van der Waals surface area (Å²) < 4.78 is 5.28. The van der Waals surface area contributed by atoms with Crippen LogP contribution in [0.25, 0.3) is 0 Å². The Kier molecular flexibility index (Phi) is 8.70. The molecule has 1 amide bonds. The fourth-order valence-electron chi connectivity index (χ4n) is 2.75. The third kappa shape index (κ3) is 6.50. The van der Waals surface area contributed by atoms with E-state index in [2.05, 4.69) is 15.6 Å². The van der Waals surface area contributed by atoms with Gasteiger partial charge in [-0.05, 0) is 38.8 Å². The lowest BCUT2D eigenvalue weighted by Gasteiger charge is -2.32. The van der Waals surface area contributed by atoms with Crippen LogP contribution in [0, 0.1) is 0 Å². The van der Waals surface area contributed by atoms with E-state index in [1.807, 2.05) is 11.8 Å². The van der Waals surface area contributed by atoms with Crippen LogP contribution in [0.2, 0.25) is 0 Å². The number of aliphatic hydroxyl groups is 1. The summed E-state index contributed by atoms with van der Waals surface area (Å²) >= 11 is 0. The summed E-state index contributed by atoms with van der Waals surface area (Å²) in [6.45, 7) is 7.75. The molecule has 142 valence electrons. The maximum absolute atomic E-state index is 11.4. The number of hydrogen-bond donors (Lipinski definition) is 3. The Hall–Kier alpha value is -1.29. The molecule has 7 nitrogen and oxygen atoms in total. The highest BCUT2D eigenvalue weighted by Gasteiger charge is 2.26. The van der Waals surface area contributed by atoms with E-state index in [-0.39, 0.29) is 42.5 Å². The average Bonchev–Trinajstić information content (AvgIpc) is 3.09. The molecule has 1 unspecified atom stereocenters. The number of furan rings is 1. The molecule has 1 saturated heterocycles. The molecule has 1 fully saturated rings. The van der Waals surface area contributed by atoms with Crippen molar-refractivity contribution in [1.29, 1.82) is 0 Å². The zero-order valence-electron chi connectivity index (χ0n) is 15.1. The molecule has 1 aliphatic heterocycles. The van der Waals surface area contributed by atoms with Gasteiger partial charge in [0.2, 0.25) is 5.91 Å². The molecule has 3 N–H and O–H groups in total. The van der Waals surface area contributed by atoms with Crippen LogP contribution in [0.1, 0.15) is 39.4 Å². The average molecular weight is 464 g/mol. The number of nitrogens with zero attached hydrogens (tertiary/aromatic N) is 2. The molecule has 0 aliphatic carbocycles. The van der Waals surface area contributed by atoms with Crippen molar-refractivity contribution in [2.75, 3.05) is 26.2 Å². The van der Waals surface area contributed by atoms with Crippen LogP contribution in [0.5, 0.6) is 0 Å².